The van der Waals surface area contributed by atoms with Gasteiger partial charge in [0.1, 0.15) is 5.25 Å². The molecular formula is C9H19N3O3S2. The normalized spacial score (nSPS) is 15.0. The van der Waals surface area contributed by atoms with Gasteiger partial charge in [0.15, 0.2) is 0 Å². The smallest absolute Gasteiger partial charge is 0.237 e. The Hall–Kier alpha value is -0.730. The van der Waals surface area contributed by atoms with Gasteiger partial charge in [0, 0.05) is 6.54 Å². The summed E-state index contributed by atoms with van der Waals surface area (Å²) < 4.78 is 26.0. The fourth-order valence-electron chi connectivity index (χ4n) is 1.28. The average Bonchev–Trinajstić information content (AvgIpc) is 2.16. The first kappa shape index (κ1) is 16.3. The maximum absolute atomic E-state index is 11.9. The Morgan fingerprint density at radius 1 is 1.41 bits per heavy atom. The number of thiocarbonyl (C=S) groups is 1. The molecule has 4 N–H and O–H groups in total. The topological polar surface area (TPSA) is 101 Å². The van der Waals surface area contributed by atoms with E-state index in [0.29, 0.717) is 6.54 Å². The lowest BCUT2D eigenvalue weighted by Gasteiger charge is -2.18. The summed E-state index contributed by atoms with van der Waals surface area (Å²) in [6, 6.07) is -0.844. The van der Waals surface area contributed by atoms with Gasteiger partial charge in [-0.3, -0.25) is 4.79 Å². The molecule has 0 fully saturated rings. The van der Waals surface area contributed by atoms with Crippen LogP contribution in [-0.2, 0) is 14.8 Å². The molecule has 6 nitrogen and oxygen atoms in total. The maximum Gasteiger partial charge on any atom is 0.237 e. The number of carbonyl (C=O) groups is 1. The molecule has 0 aromatic rings. The van der Waals surface area contributed by atoms with Crippen molar-refractivity contribution in [1.82, 2.24) is 10.0 Å². The highest BCUT2D eigenvalue weighted by molar-refractivity contribution is 7.93. The highest BCUT2D eigenvalue weighted by atomic mass is 32.2. The Labute approximate surface area is 107 Å². The Balaban J connectivity index is 4.75. The van der Waals surface area contributed by atoms with Crippen molar-refractivity contribution in [3.05, 3.63) is 0 Å². The second-order valence-corrected chi connectivity index (χ2v) is 5.94. The number of amides is 1. The van der Waals surface area contributed by atoms with Crippen LogP contribution in [0.25, 0.3) is 0 Å². The molecule has 2 atom stereocenters. The molecule has 17 heavy (non-hydrogen) atoms. The van der Waals surface area contributed by atoms with Crippen LogP contribution in [0.3, 0.4) is 0 Å². The largest absolute Gasteiger partial charge is 0.392 e. The summed E-state index contributed by atoms with van der Waals surface area (Å²) in [4.78, 5) is 11.3. The molecule has 100 valence electrons. The van der Waals surface area contributed by atoms with Crippen LogP contribution in [0.1, 0.15) is 27.2 Å². The van der Waals surface area contributed by atoms with Crippen LogP contribution in [0.4, 0.5) is 0 Å². The van der Waals surface area contributed by atoms with E-state index in [1.165, 1.54) is 6.92 Å². The lowest BCUT2D eigenvalue weighted by Crippen LogP contribution is -2.50. The molecule has 8 heteroatoms. The van der Waals surface area contributed by atoms with Crippen molar-refractivity contribution in [1.29, 1.82) is 0 Å². The Kier molecular flexibility index (Phi) is 6.58. The molecular weight excluding hydrogens is 262 g/mol. The Bertz CT molecular complexity index is 381. The standard InChI is InChI=1S/C9H19N3O3S2/c1-4-7(8(10)16)17(14,15)12-6(3)9(13)11-5-2/h6-7,12H,4-5H2,1-3H3,(H2,10,16)(H,11,13). The molecule has 0 heterocycles. The molecule has 2 unspecified atom stereocenters. The van der Waals surface area contributed by atoms with E-state index in [0.717, 1.165) is 0 Å². The number of nitrogens with one attached hydrogen (secondary N) is 2. The van der Waals surface area contributed by atoms with Gasteiger partial charge in [0.05, 0.1) is 11.0 Å². The van der Waals surface area contributed by atoms with E-state index in [1.54, 1.807) is 13.8 Å². The van der Waals surface area contributed by atoms with Crippen LogP contribution in [0.2, 0.25) is 0 Å². The molecule has 1 amide bonds. The molecule has 0 radical (unpaired) electrons. The predicted octanol–water partition coefficient (Wildman–Crippen LogP) is -0.505. The third-order valence-corrected chi connectivity index (χ3v) is 4.60. The van der Waals surface area contributed by atoms with Crippen LogP contribution in [-0.4, -0.2) is 37.2 Å². The quantitative estimate of drug-likeness (QED) is 0.546. The van der Waals surface area contributed by atoms with E-state index in [-0.39, 0.29) is 17.3 Å². The van der Waals surface area contributed by atoms with Gasteiger partial charge < -0.3 is 11.1 Å². The lowest BCUT2D eigenvalue weighted by molar-refractivity contribution is -0.122. The fraction of sp³-hybridized carbons (Fsp3) is 0.778. The molecule has 0 spiro atoms. The fourth-order valence-corrected chi connectivity index (χ4v) is 3.34. The van der Waals surface area contributed by atoms with Gasteiger partial charge >= 0.3 is 0 Å². The number of hydrogen-bond acceptors (Lipinski definition) is 4. The van der Waals surface area contributed by atoms with Gasteiger partial charge in [-0.15, -0.1) is 0 Å². The minimum atomic E-state index is -3.71. The summed E-state index contributed by atoms with van der Waals surface area (Å²) in [6.45, 7) is 5.33. The summed E-state index contributed by atoms with van der Waals surface area (Å²) >= 11 is 4.69. The van der Waals surface area contributed by atoms with Crippen LogP contribution < -0.4 is 15.8 Å². The number of carbonyl (C=O) groups excluding carboxylic acids is 1. The van der Waals surface area contributed by atoms with Crippen LogP contribution >= 0.6 is 12.2 Å². The summed E-state index contributed by atoms with van der Waals surface area (Å²) in [5, 5.41) is 1.57. The van der Waals surface area contributed by atoms with Gasteiger partial charge in [-0.2, -0.15) is 0 Å². The highest BCUT2D eigenvalue weighted by Gasteiger charge is 2.29. The third-order valence-electron chi connectivity index (χ3n) is 2.15. The van der Waals surface area contributed by atoms with Crippen molar-refractivity contribution in [3.8, 4) is 0 Å². The first-order chi connectivity index (χ1) is 7.76. The van der Waals surface area contributed by atoms with Crippen LogP contribution in [0.15, 0.2) is 0 Å². The molecule has 0 bridgehead atoms. The molecule has 0 saturated heterocycles. The summed E-state index contributed by atoms with van der Waals surface area (Å²) in [7, 11) is -3.71. The SMILES string of the molecule is CCNC(=O)C(C)NS(=O)(=O)C(CC)C(N)=S. The summed E-state index contributed by atoms with van der Waals surface area (Å²) in [5.74, 6) is -0.381. The van der Waals surface area contributed by atoms with Crippen molar-refractivity contribution < 1.29 is 13.2 Å². The highest BCUT2D eigenvalue weighted by Crippen LogP contribution is 2.05. The number of hydrogen-bond donors (Lipinski definition) is 3. The number of rotatable bonds is 7. The third kappa shape index (κ3) is 4.97. The first-order valence-corrected chi connectivity index (χ1v) is 7.29. The van der Waals surface area contributed by atoms with Gasteiger partial charge in [-0.05, 0) is 20.3 Å². The number of likely N-dealkylation sites (N-methyl/N-ethyl adjacent to an activating group) is 1. The molecule has 0 aliphatic heterocycles. The zero-order valence-electron chi connectivity index (χ0n) is 10.2. The second kappa shape index (κ2) is 6.87. The zero-order valence-corrected chi connectivity index (χ0v) is 11.8. The van der Waals surface area contributed by atoms with Gasteiger partial charge in [-0.1, -0.05) is 19.1 Å². The maximum atomic E-state index is 11.9. The first-order valence-electron chi connectivity index (χ1n) is 5.34. The Morgan fingerprint density at radius 2 is 1.94 bits per heavy atom. The predicted molar refractivity (Wildman–Crippen MR) is 71.1 cm³/mol. The van der Waals surface area contributed by atoms with Crippen molar-refractivity contribution in [2.45, 2.75) is 38.5 Å². The van der Waals surface area contributed by atoms with E-state index in [2.05, 4.69) is 10.0 Å². The summed E-state index contributed by atoms with van der Waals surface area (Å²) in [6.07, 6.45) is 0.271. The molecule has 0 saturated carbocycles. The van der Waals surface area contributed by atoms with Crippen molar-refractivity contribution >= 4 is 33.1 Å². The molecule has 0 aliphatic carbocycles. The average molecular weight is 281 g/mol. The van der Waals surface area contributed by atoms with Crippen molar-refractivity contribution in [2.24, 2.45) is 5.73 Å². The van der Waals surface area contributed by atoms with Crippen LogP contribution in [0, 0.1) is 0 Å². The number of nitrogens with two attached hydrogens (primary N) is 1. The van der Waals surface area contributed by atoms with E-state index in [4.69, 9.17) is 18.0 Å². The number of sulfonamides is 1. The minimum absolute atomic E-state index is 0.0944. The van der Waals surface area contributed by atoms with E-state index < -0.39 is 21.3 Å². The van der Waals surface area contributed by atoms with E-state index in [9.17, 15) is 13.2 Å². The lowest BCUT2D eigenvalue weighted by atomic mass is 10.3. The van der Waals surface area contributed by atoms with Crippen LogP contribution in [0.5, 0.6) is 0 Å². The summed E-state index contributed by atoms with van der Waals surface area (Å²) in [5.41, 5.74) is 5.36. The molecule has 0 rings (SSSR count). The molecule has 0 aromatic carbocycles. The van der Waals surface area contributed by atoms with Crippen molar-refractivity contribution in [2.75, 3.05) is 6.54 Å². The molecule has 0 aliphatic rings. The minimum Gasteiger partial charge on any atom is -0.392 e. The zero-order chi connectivity index (χ0) is 13.6. The van der Waals surface area contributed by atoms with E-state index >= 15 is 0 Å². The second-order valence-electron chi connectivity index (χ2n) is 3.58. The monoisotopic (exact) mass is 281 g/mol. The van der Waals surface area contributed by atoms with Gasteiger partial charge in [-0.25, -0.2) is 13.1 Å². The van der Waals surface area contributed by atoms with Gasteiger partial charge in [0.2, 0.25) is 15.9 Å². The molecule has 0 aromatic heterocycles. The Morgan fingerprint density at radius 3 is 2.29 bits per heavy atom. The van der Waals surface area contributed by atoms with E-state index in [1.807, 2.05) is 0 Å². The van der Waals surface area contributed by atoms with Crippen molar-refractivity contribution in [3.63, 3.8) is 0 Å². The van der Waals surface area contributed by atoms with Gasteiger partial charge in [0.25, 0.3) is 0 Å².